The van der Waals surface area contributed by atoms with Crippen molar-refractivity contribution in [3.05, 3.63) is 83.9 Å². The molecule has 0 saturated heterocycles. The highest BCUT2D eigenvalue weighted by Gasteiger charge is 2.16. The Labute approximate surface area is 172 Å². The number of fused-ring (bicyclic) bond motifs is 3. The van der Waals surface area contributed by atoms with Crippen molar-refractivity contribution in [3.8, 4) is 11.4 Å². The number of benzene rings is 3. The molecule has 0 atom stereocenters. The molecule has 0 aliphatic heterocycles. The van der Waals surface area contributed by atoms with E-state index in [0.29, 0.717) is 22.2 Å². The van der Waals surface area contributed by atoms with E-state index in [9.17, 15) is 0 Å². The molecule has 5 rings (SSSR count). The fourth-order valence-corrected chi connectivity index (χ4v) is 3.19. The van der Waals surface area contributed by atoms with Crippen LogP contribution in [0.4, 0.5) is 11.5 Å². The first kappa shape index (κ1) is 18.3. The Kier molecular flexibility index (Phi) is 4.90. The van der Waals surface area contributed by atoms with Crippen molar-refractivity contribution in [1.29, 1.82) is 0 Å². The second kappa shape index (κ2) is 7.50. The lowest BCUT2D eigenvalue weighted by Gasteiger charge is -2.08. The first-order valence-electron chi connectivity index (χ1n) is 8.55. The first-order valence-corrected chi connectivity index (χ1v) is 8.93. The van der Waals surface area contributed by atoms with Gasteiger partial charge in [-0.25, -0.2) is 9.97 Å². The summed E-state index contributed by atoms with van der Waals surface area (Å²) in [5, 5.41) is 4.99. The number of nitrogens with zero attached hydrogens (tertiary/aromatic N) is 2. The van der Waals surface area contributed by atoms with Crippen molar-refractivity contribution in [2.75, 3.05) is 5.32 Å². The third-order valence-electron chi connectivity index (χ3n) is 4.36. The number of para-hydroxylation sites is 1. The van der Waals surface area contributed by atoms with Crippen molar-refractivity contribution in [1.82, 2.24) is 9.97 Å². The molecule has 138 valence electrons. The monoisotopic (exact) mass is 407 g/mol. The van der Waals surface area contributed by atoms with Crippen LogP contribution in [0.1, 0.15) is 0 Å². The second-order valence-electron chi connectivity index (χ2n) is 6.17. The molecule has 6 heteroatoms. The number of rotatable bonds is 3. The lowest BCUT2D eigenvalue weighted by atomic mass is 10.2. The Balaban J connectivity index is 0.00000192. The minimum Gasteiger partial charge on any atom is -0.450 e. The van der Waals surface area contributed by atoms with E-state index < -0.39 is 0 Å². The third kappa shape index (κ3) is 3.28. The van der Waals surface area contributed by atoms with Crippen LogP contribution in [0.25, 0.3) is 33.5 Å². The van der Waals surface area contributed by atoms with Crippen LogP contribution in [0.5, 0.6) is 0 Å². The molecule has 0 spiro atoms. The van der Waals surface area contributed by atoms with Gasteiger partial charge in [0, 0.05) is 21.7 Å². The maximum atomic E-state index is 6.06. The summed E-state index contributed by atoms with van der Waals surface area (Å²) in [5.74, 6) is 1.27. The molecule has 1 N–H and O–H groups in total. The van der Waals surface area contributed by atoms with Crippen molar-refractivity contribution in [2.45, 2.75) is 0 Å². The van der Waals surface area contributed by atoms with Crippen LogP contribution in [0, 0.1) is 0 Å². The SMILES string of the molecule is Cl.Clc1ccc(Nc2nc(-c3ccccc3)nc3c2oc2ccccc23)cc1. The third-order valence-corrected chi connectivity index (χ3v) is 4.61. The Bertz CT molecular complexity index is 1250. The highest BCUT2D eigenvalue weighted by Crippen LogP contribution is 2.34. The van der Waals surface area contributed by atoms with Gasteiger partial charge >= 0.3 is 0 Å². The number of furan rings is 1. The molecule has 0 amide bonds. The Morgan fingerprint density at radius 2 is 1.50 bits per heavy atom. The molecule has 0 aliphatic carbocycles. The zero-order valence-corrected chi connectivity index (χ0v) is 16.2. The first-order chi connectivity index (χ1) is 13.3. The molecule has 2 aromatic heterocycles. The van der Waals surface area contributed by atoms with Crippen molar-refractivity contribution >= 4 is 57.6 Å². The second-order valence-corrected chi connectivity index (χ2v) is 6.61. The summed E-state index contributed by atoms with van der Waals surface area (Å²) in [6, 6.07) is 25.3. The average molecular weight is 408 g/mol. The molecule has 3 aromatic carbocycles. The summed E-state index contributed by atoms with van der Waals surface area (Å²) in [6.07, 6.45) is 0. The van der Waals surface area contributed by atoms with E-state index in [-0.39, 0.29) is 12.4 Å². The highest BCUT2D eigenvalue weighted by molar-refractivity contribution is 6.30. The van der Waals surface area contributed by atoms with Gasteiger partial charge in [0.2, 0.25) is 0 Å². The molecule has 0 radical (unpaired) electrons. The zero-order valence-electron chi connectivity index (χ0n) is 14.6. The van der Waals surface area contributed by atoms with Gasteiger partial charge in [0.05, 0.1) is 0 Å². The molecule has 2 heterocycles. The van der Waals surface area contributed by atoms with Crippen LogP contribution < -0.4 is 5.32 Å². The summed E-state index contributed by atoms with van der Waals surface area (Å²) in [4.78, 5) is 9.52. The molecular weight excluding hydrogens is 393 g/mol. The van der Waals surface area contributed by atoms with Crippen molar-refractivity contribution in [3.63, 3.8) is 0 Å². The van der Waals surface area contributed by atoms with Crippen molar-refractivity contribution < 1.29 is 4.42 Å². The number of anilines is 2. The average Bonchev–Trinajstić information content (AvgIpc) is 3.09. The maximum Gasteiger partial charge on any atom is 0.196 e. The smallest absolute Gasteiger partial charge is 0.196 e. The number of nitrogens with one attached hydrogen (secondary N) is 1. The molecule has 28 heavy (non-hydrogen) atoms. The summed E-state index contributed by atoms with van der Waals surface area (Å²) in [6.45, 7) is 0. The minimum absolute atomic E-state index is 0. The molecule has 0 unspecified atom stereocenters. The van der Waals surface area contributed by atoms with Gasteiger partial charge in [-0.1, -0.05) is 54.1 Å². The van der Waals surface area contributed by atoms with E-state index in [1.54, 1.807) is 0 Å². The molecule has 5 aromatic rings. The molecule has 0 fully saturated rings. The van der Waals surface area contributed by atoms with Gasteiger partial charge in [-0.2, -0.15) is 0 Å². The van der Waals surface area contributed by atoms with Gasteiger partial charge in [-0.05, 0) is 36.4 Å². The summed E-state index contributed by atoms with van der Waals surface area (Å²) in [7, 11) is 0. The Morgan fingerprint density at radius 1 is 0.786 bits per heavy atom. The van der Waals surface area contributed by atoms with E-state index in [0.717, 1.165) is 27.7 Å². The summed E-state index contributed by atoms with van der Waals surface area (Å²) in [5.41, 5.74) is 4.02. The molecule has 0 saturated carbocycles. The van der Waals surface area contributed by atoms with Crippen LogP contribution in [-0.4, -0.2) is 9.97 Å². The van der Waals surface area contributed by atoms with Crippen molar-refractivity contribution in [2.24, 2.45) is 0 Å². The van der Waals surface area contributed by atoms with Crippen LogP contribution in [-0.2, 0) is 0 Å². The predicted octanol–water partition coefficient (Wildman–Crippen LogP) is 6.86. The number of halogens is 2. The summed E-state index contributed by atoms with van der Waals surface area (Å²) < 4.78 is 6.06. The molecule has 0 bridgehead atoms. The van der Waals surface area contributed by atoms with E-state index in [1.807, 2.05) is 78.9 Å². The van der Waals surface area contributed by atoms with Crippen LogP contribution in [0.15, 0.2) is 83.3 Å². The quantitative estimate of drug-likeness (QED) is 0.354. The number of hydrogen-bond donors (Lipinski definition) is 1. The van der Waals surface area contributed by atoms with E-state index in [2.05, 4.69) is 5.32 Å². The fourth-order valence-electron chi connectivity index (χ4n) is 3.06. The molecular formula is C22H15Cl2N3O. The Hall–Kier alpha value is -3.08. The largest absolute Gasteiger partial charge is 0.450 e. The van der Waals surface area contributed by atoms with Crippen LogP contribution in [0.3, 0.4) is 0 Å². The zero-order chi connectivity index (χ0) is 18.2. The van der Waals surface area contributed by atoms with Gasteiger partial charge in [0.1, 0.15) is 11.1 Å². The lowest BCUT2D eigenvalue weighted by molar-refractivity contribution is 0.667. The van der Waals surface area contributed by atoms with Gasteiger partial charge in [-0.15, -0.1) is 12.4 Å². The molecule has 0 aliphatic rings. The number of hydrogen-bond acceptors (Lipinski definition) is 4. The topological polar surface area (TPSA) is 51.0 Å². The van der Waals surface area contributed by atoms with E-state index in [4.69, 9.17) is 26.0 Å². The van der Waals surface area contributed by atoms with E-state index >= 15 is 0 Å². The van der Waals surface area contributed by atoms with Crippen LogP contribution in [0.2, 0.25) is 5.02 Å². The lowest BCUT2D eigenvalue weighted by Crippen LogP contribution is -1.98. The number of aromatic nitrogens is 2. The van der Waals surface area contributed by atoms with Gasteiger partial charge < -0.3 is 9.73 Å². The normalized spacial score (nSPS) is 10.8. The van der Waals surface area contributed by atoms with Gasteiger partial charge in [0.25, 0.3) is 0 Å². The predicted molar refractivity (Wildman–Crippen MR) is 117 cm³/mol. The van der Waals surface area contributed by atoms with Crippen LogP contribution >= 0.6 is 24.0 Å². The molecule has 4 nitrogen and oxygen atoms in total. The standard InChI is InChI=1S/C22H14ClN3O.ClH/c23-15-10-12-16(13-11-15)24-22-20-19(17-8-4-5-9-18(17)27-20)25-21(26-22)14-6-2-1-3-7-14;/h1-13H,(H,24,25,26);1H. The highest BCUT2D eigenvalue weighted by atomic mass is 35.5. The summed E-state index contributed by atoms with van der Waals surface area (Å²) >= 11 is 6.00. The Morgan fingerprint density at radius 3 is 2.29 bits per heavy atom. The fraction of sp³-hybridized carbons (Fsp3) is 0. The minimum atomic E-state index is 0. The van der Waals surface area contributed by atoms with Gasteiger partial charge in [-0.3, -0.25) is 0 Å². The van der Waals surface area contributed by atoms with E-state index in [1.165, 1.54) is 0 Å². The maximum absolute atomic E-state index is 6.06. The van der Waals surface area contributed by atoms with Gasteiger partial charge in [0.15, 0.2) is 17.2 Å².